The van der Waals surface area contributed by atoms with Crippen molar-refractivity contribution in [2.75, 3.05) is 0 Å². The smallest absolute Gasteiger partial charge is 0.0737 e. The summed E-state index contributed by atoms with van der Waals surface area (Å²) >= 11 is 1.92. The Balaban J connectivity index is 1.76. The van der Waals surface area contributed by atoms with Crippen molar-refractivity contribution in [3.8, 4) is 0 Å². The number of rotatable bonds is 8. The highest BCUT2D eigenvalue weighted by Crippen LogP contribution is 2.33. The summed E-state index contributed by atoms with van der Waals surface area (Å²) in [5, 5.41) is 5.02. The first-order valence-corrected chi connectivity index (χ1v) is 8.94. The fourth-order valence-corrected chi connectivity index (χ4v) is 3.85. The van der Waals surface area contributed by atoms with E-state index in [4.69, 9.17) is 4.74 Å². The number of nitrogens with one attached hydrogen (secondary N) is 1. The maximum atomic E-state index is 6.08. The third-order valence-electron chi connectivity index (χ3n) is 4.12. The molecule has 2 nitrogen and oxygen atoms in total. The average molecular weight is 303 g/mol. The molecule has 1 unspecified atom stereocenters. The third-order valence-corrected chi connectivity index (χ3v) is 5.33. The number of benzene rings is 1. The summed E-state index contributed by atoms with van der Waals surface area (Å²) < 4.78 is 7.46. The Bertz CT molecular complexity index is 588. The van der Waals surface area contributed by atoms with Gasteiger partial charge in [0.25, 0.3) is 0 Å². The predicted octanol–water partition coefficient (Wildman–Crippen LogP) is 4.86. The topological polar surface area (TPSA) is 21.3 Å². The van der Waals surface area contributed by atoms with Crippen molar-refractivity contribution in [1.82, 2.24) is 5.32 Å². The van der Waals surface area contributed by atoms with Gasteiger partial charge in [-0.2, -0.15) is 0 Å². The molecule has 1 heterocycles. The second-order valence-electron chi connectivity index (χ2n) is 6.07. The van der Waals surface area contributed by atoms with Crippen molar-refractivity contribution in [2.24, 2.45) is 0 Å². The van der Waals surface area contributed by atoms with E-state index in [0.717, 1.165) is 25.6 Å². The Labute approximate surface area is 131 Å². The van der Waals surface area contributed by atoms with Crippen LogP contribution >= 0.6 is 11.3 Å². The molecule has 0 aliphatic heterocycles. The van der Waals surface area contributed by atoms with Gasteiger partial charge in [0, 0.05) is 27.7 Å². The molecule has 0 saturated heterocycles. The molecule has 2 aromatic rings. The van der Waals surface area contributed by atoms with Gasteiger partial charge in [0.1, 0.15) is 0 Å². The van der Waals surface area contributed by atoms with Gasteiger partial charge in [-0.1, -0.05) is 31.5 Å². The fraction of sp³-hybridized carbons (Fsp3) is 0.556. The SMILES string of the molecule is CCCC(C)OCc1c(CNC2CC2)sc2ccccc12. The lowest BCUT2D eigenvalue weighted by molar-refractivity contribution is 0.0476. The number of hydrogen-bond acceptors (Lipinski definition) is 3. The normalized spacial score (nSPS) is 16.5. The summed E-state index contributed by atoms with van der Waals surface area (Å²) in [5.41, 5.74) is 1.40. The van der Waals surface area contributed by atoms with E-state index in [-0.39, 0.29) is 0 Å². The lowest BCUT2D eigenvalue weighted by Crippen LogP contribution is -2.16. The van der Waals surface area contributed by atoms with Crippen LogP contribution in [0.5, 0.6) is 0 Å². The van der Waals surface area contributed by atoms with Gasteiger partial charge in [0.15, 0.2) is 0 Å². The second kappa shape index (κ2) is 6.91. The summed E-state index contributed by atoms with van der Waals surface area (Å²) in [5.74, 6) is 0. The van der Waals surface area contributed by atoms with Crippen molar-refractivity contribution >= 4 is 21.4 Å². The predicted molar refractivity (Wildman–Crippen MR) is 90.8 cm³/mol. The standard InChI is InChI=1S/C18H25NOS/c1-3-6-13(2)20-12-16-15-7-4-5-8-17(15)21-18(16)11-19-14-9-10-14/h4-5,7-8,13-14,19H,3,6,9-12H2,1-2H3. The van der Waals surface area contributed by atoms with Gasteiger partial charge >= 0.3 is 0 Å². The summed E-state index contributed by atoms with van der Waals surface area (Å²) in [4.78, 5) is 1.45. The fourth-order valence-electron chi connectivity index (χ4n) is 2.69. The van der Waals surface area contributed by atoms with Crippen LogP contribution in [0, 0.1) is 0 Å². The van der Waals surface area contributed by atoms with Crippen LogP contribution in [0.3, 0.4) is 0 Å². The zero-order valence-electron chi connectivity index (χ0n) is 13.0. The second-order valence-corrected chi connectivity index (χ2v) is 7.20. The molecule has 1 aromatic carbocycles. The molecule has 3 heteroatoms. The Morgan fingerprint density at radius 1 is 1.33 bits per heavy atom. The van der Waals surface area contributed by atoms with Crippen LogP contribution in [-0.4, -0.2) is 12.1 Å². The summed E-state index contributed by atoms with van der Waals surface area (Å²) in [7, 11) is 0. The van der Waals surface area contributed by atoms with Gasteiger partial charge in [0.2, 0.25) is 0 Å². The van der Waals surface area contributed by atoms with Crippen molar-refractivity contribution < 1.29 is 4.74 Å². The highest BCUT2D eigenvalue weighted by Gasteiger charge is 2.21. The average Bonchev–Trinajstić information content (AvgIpc) is 3.24. The first-order chi connectivity index (χ1) is 10.3. The monoisotopic (exact) mass is 303 g/mol. The van der Waals surface area contributed by atoms with Crippen LogP contribution in [0.4, 0.5) is 0 Å². The van der Waals surface area contributed by atoms with E-state index < -0.39 is 0 Å². The third kappa shape index (κ3) is 3.85. The molecule has 0 amide bonds. The molecular weight excluding hydrogens is 278 g/mol. The maximum absolute atomic E-state index is 6.08. The zero-order chi connectivity index (χ0) is 14.7. The molecule has 3 rings (SSSR count). The highest BCUT2D eigenvalue weighted by molar-refractivity contribution is 7.19. The Morgan fingerprint density at radius 3 is 2.90 bits per heavy atom. The molecule has 0 bridgehead atoms. The molecule has 0 spiro atoms. The molecule has 21 heavy (non-hydrogen) atoms. The van der Waals surface area contributed by atoms with E-state index in [0.29, 0.717) is 6.10 Å². The molecule has 0 radical (unpaired) electrons. The van der Waals surface area contributed by atoms with Crippen molar-refractivity contribution in [3.63, 3.8) is 0 Å². The minimum absolute atomic E-state index is 0.345. The largest absolute Gasteiger partial charge is 0.374 e. The van der Waals surface area contributed by atoms with Crippen LogP contribution in [0.15, 0.2) is 24.3 Å². The molecule has 1 saturated carbocycles. The minimum Gasteiger partial charge on any atom is -0.374 e. The van der Waals surface area contributed by atoms with Crippen LogP contribution < -0.4 is 5.32 Å². The number of thiophene rings is 1. The van der Waals surface area contributed by atoms with Gasteiger partial charge in [-0.3, -0.25) is 0 Å². The molecule has 114 valence electrons. The molecule has 1 atom stereocenters. The molecule has 1 N–H and O–H groups in total. The van der Waals surface area contributed by atoms with Gasteiger partial charge in [-0.05, 0) is 37.6 Å². The molecule has 1 aliphatic carbocycles. The molecule has 1 aromatic heterocycles. The highest BCUT2D eigenvalue weighted by atomic mass is 32.1. The maximum Gasteiger partial charge on any atom is 0.0737 e. The number of hydrogen-bond donors (Lipinski definition) is 1. The lowest BCUT2D eigenvalue weighted by Gasteiger charge is -2.13. The Morgan fingerprint density at radius 2 is 2.14 bits per heavy atom. The summed E-state index contributed by atoms with van der Waals surface area (Å²) in [6, 6.07) is 9.46. The van der Waals surface area contributed by atoms with Gasteiger partial charge in [-0.15, -0.1) is 11.3 Å². The number of fused-ring (bicyclic) bond motifs is 1. The van der Waals surface area contributed by atoms with E-state index in [2.05, 4.69) is 43.4 Å². The minimum atomic E-state index is 0.345. The van der Waals surface area contributed by atoms with Crippen LogP contribution in [-0.2, 0) is 17.9 Å². The van der Waals surface area contributed by atoms with Crippen molar-refractivity contribution in [1.29, 1.82) is 0 Å². The van der Waals surface area contributed by atoms with E-state index in [1.165, 1.54) is 39.8 Å². The molecular formula is C18H25NOS. The lowest BCUT2D eigenvalue weighted by atomic mass is 10.1. The van der Waals surface area contributed by atoms with Gasteiger partial charge in [-0.25, -0.2) is 0 Å². The van der Waals surface area contributed by atoms with E-state index in [1.807, 2.05) is 11.3 Å². The Hall–Kier alpha value is -0.900. The van der Waals surface area contributed by atoms with Gasteiger partial charge < -0.3 is 10.1 Å². The van der Waals surface area contributed by atoms with Crippen molar-refractivity contribution in [2.45, 2.75) is 64.8 Å². The number of ether oxygens (including phenoxy) is 1. The zero-order valence-corrected chi connectivity index (χ0v) is 13.8. The van der Waals surface area contributed by atoms with Crippen LogP contribution in [0.2, 0.25) is 0 Å². The molecule has 1 fully saturated rings. The first-order valence-electron chi connectivity index (χ1n) is 8.12. The van der Waals surface area contributed by atoms with E-state index >= 15 is 0 Å². The first kappa shape index (κ1) is 15.0. The van der Waals surface area contributed by atoms with Crippen molar-refractivity contribution in [3.05, 3.63) is 34.7 Å². The van der Waals surface area contributed by atoms with Crippen LogP contribution in [0.1, 0.15) is 50.0 Å². The Kier molecular flexibility index (Phi) is 4.94. The van der Waals surface area contributed by atoms with E-state index in [9.17, 15) is 0 Å². The molecule has 1 aliphatic rings. The van der Waals surface area contributed by atoms with Gasteiger partial charge in [0.05, 0.1) is 12.7 Å². The summed E-state index contributed by atoms with van der Waals surface area (Å²) in [6.45, 7) is 6.13. The van der Waals surface area contributed by atoms with Crippen LogP contribution in [0.25, 0.3) is 10.1 Å². The quantitative estimate of drug-likeness (QED) is 0.752. The van der Waals surface area contributed by atoms with E-state index in [1.54, 1.807) is 0 Å². The summed E-state index contributed by atoms with van der Waals surface area (Å²) in [6.07, 6.45) is 5.34.